The smallest absolute Gasteiger partial charge is 0.146 e. The third kappa shape index (κ3) is 2.57. The Hall–Kier alpha value is -2.75. The Kier molecular flexibility index (Phi) is 3.50. The fourth-order valence-corrected chi connectivity index (χ4v) is 3.21. The molecule has 23 heavy (non-hydrogen) atoms. The first-order chi connectivity index (χ1) is 11.3. The molecular formula is C19H19N3O. The van der Waals surface area contributed by atoms with Crippen molar-refractivity contribution in [1.29, 1.82) is 0 Å². The number of H-pyrrole nitrogens is 2. The van der Waals surface area contributed by atoms with Gasteiger partial charge in [0.2, 0.25) is 0 Å². The largest absolute Gasteiger partial charge is 0.494 e. The molecule has 2 aromatic heterocycles. The van der Waals surface area contributed by atoms with Gasteiger partial charge in [0, 0.05) is 18.5 Å². The number of ether oxygens (including phenoxy) is 1. The van der Waals surface area contributed by atoms with Gasteiger partial charge < -0.3 is 14.7 Å². The number of fused-ring (bicyclic) bond motifs is 1. The summed E-state index contributed by atoms with van der Waals surface area (Å²) in [6.07, 6.45) is 5.99. The van der Waals surface area contributed by atoms with E-state index in [9.17, 15) is 0 Å². The number of nitrogens with one attached hydrogen (secondary N) is 2. The first-order valence-corrected chi connectivity index (χ1v) is 7.87. The van der Waals surface area contributed by atoms with E-state index in [1.165, 1.54) is 11.1 Å². The molecule has 0 radical (unpaired) electrons. The molecule has 4 nitrogen and oxygen atoms in total. The van der Waals surface area contributed by atoms with E-state index in [0.717, 1.165) is 35.7 Å². The van der Waals surface area contributed by atoms with Crippen molar-refractivity contribution in [3.63, 3.8) is 0 Å². The summed E-state index contributed by atoms with van der Waals surface area (Å²) < 4.78 is 5.47. The minimum absolute atomic E-state index is 0.244. The fourth-order valence-electron chi connectivity index (χ4n) is 3.21. The predicted octanol–water partition coefficient (Wildman–Crippen LogP) is 4.12. The summed E-state index contributed by atoms with van der Waals surface area (Å²) >= 11 is 0. The minimum atomic E-state index is 0.244. The Morgan fingerprint density at radius 3 is 2.91 bits per heavy atom. The maximum atomic E-state index is 5.47. The molecule has 0 fully saturated rings. The average Bonchev–Trinajstić information content (AvgIpc) is 3.31. The van der Waals surface area contributed by atoms with Gasteiger partial charge in [0.15, 0.2) is 0 Å². The van der Waals surface area contributed by atoms with Crippen LogP contribution in [0, 0.1) is 0 Å². The topological polar surface area (TPSA) is 53.2 Å². The van der Waals surface area contributed by atoms with Gasteiger partial charge in [-0.3, -0.25) is 4.99 Å². The molecule has 3 aromatic rings. The molecule has 0 bridgehead atoms. The third-order valence-corrected chi connectivity index (χ3v) is 4.40. The molecule has 0 spiro atoms. The second kappa shape index (κ2) is 5.80. The lowest BCUT2D eigenvalue weighted by Crippen LogP contribution is -1.93. The normalized spacial score (nSPS) is 16.8. The highest BCUT2D eigenvalue weighted by molar-refractivity contribution is 5.84. The number of aliphatic imine (C=N–C) groups is 1. The van der Waals surface area contributed by atoms with Crippen LogP contribution in [0.2, 0.25) is 0 Å². The van der Waals surface area contributed by atoms with E-state index < -0.39 is 0 Å². The highest BCUT2D eigenvalue weighted by Gasteiger charge is 2.20. The van der Waals surface area contributed by atoms with Gasteiger partial charge in [0.25, 0.3) is 0 Å². The van der Waals surface area contributed by atoms with Gasteiger partial charge in [-0.15, -0.1) is 0 Å². The molecule has 1 unspecified atom stereocenters. The molecule has 0 amide bonds. The standard InChI is InChI=1S/C19H19N3O/c1-23-19-11-17(16-7-4-10-20-16)22-18(19)12-21-15-9-8-13-5-2-3-6-14(13)15/h2-7,10-12,15,20,22H,8-9H2,1H3. The SMILES string of the molecule is COc1cc(-c2ccc[nH]2)[nH]c1C=NC1CCc2ccccc21. The van der Waals surface area contributed by atoms with Crippen molar-refractivity contribution in [3.05, 3.63) is 65.5 Å². The number of benzene rings is 1. The van der Waals surface area contributed by atoms with Gasteiger partial charge in [-0.2, -0.15) is 0 Å². The summed E-state index contributed by atoms with van der Waals surface area (Å²) in [6, 6.07) is 14.8. The van der Waals surface area contributed by atoms with E-state index in [4.69, 9.17) is 9.73 Å². The average molecular weight is 305 g/mol. The molecular weight excluding hydrogens is 286 g/mol. The van der Waals surface area contributed by atoms with Crippen LogP contribution in [0.5, 0.6) is 5.75 Å². The van der Waals surface area contributed by atoms with E-state index in [2.05, 4.69) is 34.2 Å². The van der Waals surface area contributed by atoms with Crippen molar-refractivity contribution in [2.75, 3.05) is 7.11 Å². The number of aryl methyl sites for hydroxylation is 1. The summed E-state index contributed by atoms with van der Waals surface area (Å²) in [5.41, 5.74) is 5.70. The Morgan fingerprint density at radius 1 is 1.17 bits per heavy atom. The second-order valence-electron chi connectivity index (χ2n) is 5.78. The van der Waals surface area contributed by atoms with Crippen LogP contribution >= 0.6 is 0 Å². The number of aromatic amines is 2. The van der Waals surface area contributed by atoms with Gasteiger partial charge in [-0.05, 0) is 36.1 Å². The molecule has 4 heteroatoms. The molecule has 116 valence electrons. The lowest BCUT2D eigenvalue weighted by Gasteiger charge is -2.05. The first-order valence-electron chi connectivity index (χ1n) is 7.87. The second-order valence-corrected chi connectivity index (χ2v) is 5.78. The Morgan fingerprint density at radius 2 is 2.09 bits per heavy atom. The van der Waals surface area contributed by atoms with Crippen LogP contribution in [0.1, 0.15) is 29.3 Å². The van der Waals surface area contributed by atoms with E-state index in [1.54, 1.807) is 7.11 Å². The molecule has 2 heterocycles. The van der Waals surface area contributed by atoms with Crippen LogP contribution in [0.25, 0.3) is 11.4 Å². The third-order valence-electron chi connectivity index (χ3n) is 4.40. The van der Waals surface area contributed by atoms with E-state index in [-0.39, 0.29) is 6.04 Å². The first kappa shape index (κ1) is 13.9. The number of methoxy groups -OCH3 is 1. The number of hydrogen-bond donors (Lipinski definition) is 2. The number of hydrogen-bond acceptors (Lipinski definition) is 2. The van der Waals surface area contributed by atoms with Crippen LogP contribution in [0.15, 0.2) is 53.7 Å². The Balaban J connectivity index is 1.62. The lowest BCUT2D eigenvalue weighted by molar-refractivity contribution is 0.415. The van der Waals surface area contributed by atoms with Gasteiger partial charge >= 0.3 is 0 Å². The molecule has 0 saturated heterocycles. The summed E-state index contributed by atoms with van der Waals surface area (Å²) in [5.74, 6) is 0.810. The molecule has 4 rings (SSSR count). The molecule has 1 atom stereocenters. The maximum absolute atomic E-state index is 5.47. The van der Waals surface area contributed by atoms with Crippen LogP contribution in [0.3, 0.4) is 0 Å². The fraction of sp³-hybridized carbons (Fsp3) is 0.211. The number of rotatable bonds is 4. The van der Waals surface area contributed by atoms with E-state index >= 15 is 0 Å². The molecule has 1 aliphatic carbocycles. The van der Waals surface area contributed by atoms with Gasteiger partial charge in [0.1, 0.15) is 5.75 Å². The van der Waals surface area contributed by atoms with Crippen LogP contribution < -0.4 is 4.74 Å². The van der Waals surface area contributed by atoms with Crippen molar-refractivity contribution < 1.29 is 4.74 Å². The van der Waals surface area contributed by atoms with E-state index in [0.29, 0.717) is 0 Å². The van der Waals surface area contributed by atoms with Crippen molar-refractivity contribution in [1.82, 2.24) is 9.97 Å². The van der Waals surface area contributed by atoms with Crippen molar-refractivity contribution in [3.8, 4) is 17.1 Å². The minimum Gasteiger partial charge on any atom is -0.494 e. The summed E-state index contributed by atoms with van der Waals surface area (Å²) in [6.45, 7) is 0. The zero-order chi connectivity index (χ0) is 15.6. The van der Waals surface area contributed by atoms with Gasteiger partial charge in [-0.25, -0.2) is 0 Å². The Labute approximate surface area is 135 Å². The number of nitrogens with zero attached hydrogens (tertiary/aromatic N) is 1. The van der Waals surface area contributed by atoms with Gasteiger partial charge in [0.05, 0.1) is 30.2 Å². The maximum Gasteiger partial charge on any atom is 0.146 e. The van der Waals surface area contributed by atoms with Crippen molar-refractivity contribution in [2.45, 2.75) is 18.9 Å². The molecule has 1 aromatic carbocycles. The molecule has 0 saturated carbocycles. The zero-order valence-electron chi connectivity index (χ0n) is 13.0. The monoisotopic (exact) mass is 305 g/mol. The van der Waals surface area contributed by atoms with Crippen LogP contribution in [-0.4, -0.2) is 23.3 Å². The quantitative estimate of drug-likeness (QED) is 0.700. The van der Waals surface area contributed by atoms with Crippen molar-refractivity contribution in [2.24, 2.45) is 4.99 Å². The zero-order valence-corrected chi connectivity index (χ0v) is 13.0. The summed E-state index contributed by atoms with van der Waals surface area (Å²) in [5, 5.41) is 0. The highest BCUT2D eigenvalue weighted by Crippen LogP contribution is 2.34. The lowest BCUT2D eigenvalue weighted by atomic mass is 10.1. The number of aromatic nitrogens is 2. The van der Waals surface area contributed by atoms with Crippen LogP contribution in [0.4, 0.5) is 0 Å². The van der Waals surface area contributed by atoms with Gasteiger partial charge in [-0.1, -0.05) is 24.3 Å². The molecule has 2 N–H and O–H groups in total. The van der Waals surface area contributed by atoms with Crippen molar-refractivity contribution >= 4 is 6.21 Å². The Bertz CT molecular complexity index is 830. The van der Waals surface area contributed by atoms with E-state index in [1.807, 2.05) is 30.6 Å². The molecule has 0 aliphatic heterocycles. The summed E-state index contributed by atoms with van der Waals surface area (Å²) in [4.78, 5) is 11.4. The predicted molar refractivity (Wildman–Crippen MR) is 92.2 cm³/mol. The van der Waals surface area contributed by atoms with Crippen LogP contribution in [-0.2, 0) is 6.42 Å². The summed E-state index contributed by atoms with van der Waals surface area (Å²) in [7, 11) is 1.68. The highest BCUT2D eigenvalue weighted by atomic mass is 16.5. The molecule has 1 aliphatic rings.